The average Bonchev–Trinajstić information content (AvgIpc) is 3.47. The van der Waals surface area contributed by atoms with Gasteiger partial charge in [0.05, 0.1) is 24.9 Å². The van der Waals surface area contributed by atoms with Crippen molar-refractivity contribution in [1.82, 2.24) is 0 Å². The number of epoxide rings is 1. The Hall–Kier alpha value is -0.420. The zero-order valence-corrected chi connectivity index (χ0v) is 19.0. The third kappa shape index (κ3) is 3.00. The van der Waals surface area contributed by atoms with Gasteiger partial charge in [-0.15, -0.1) is 0 Å². The Morgan fingerprint density at radius 3 is 2.41 bits per heavy atom. The molecule has 4 heteroatoms. The van der Waals surface area contributed by atoms with Crippen LogP contribution in [0.15, 0.2) is 11.6 Å². The Balaban J connectivity index is 1.71. The van der Waals surface area contributed by atoms with Crippen molar-refractivity contribution in [1.29, 1.82) is 0 Å². The molecule has 0 aromatic carbocycles. The summed E-state index contributed by atoms with van der Waals surface area (Å²) in [6, 6.07) is 0. The van der Waals surface area contributed by atoms with Gasteiger partial charge in [0.2, 0.25) is 0 Å². The summed E-state index contributed by atoms with van der Waals surface area (Å²) in [4.78, 5) is 0. The van der Waals surface area contributed by atoms with E-state index in [1.54, 1.807) is 0 Å². The number of ether oxygens (including phenoxy) is 2. The van der Waals surface area contributed by atoms with Gasteiger partial charge < -0.3 is 19.7 Å². The van der Waals surface area contributed by atoms with Crippen molar-refractivity contribution >= 4 is 0 Å². The molecule has 1 spiro atoms. The molecule has 4 nitrogen and oxygen atoms in total. The Morgan fingerprint density at radius 2 is 1.76 bits per heavy atom. The van der Waals surface area contributed by atoms with Crippen LogP contribution in [0, 0.1) is 16.7 Å². The second-order valence-electron chi connectivity index (χ2n) is 10.6. The van der Waals surface area contributed by atoms with Crippen LogP contribution in [0.4, 0.5) is 0 Å². The fraction of sp³-hybridized carbons (Fsp3) is 0.920. The summed E-state index contributed by atoms with van der Waals surface area (Å²) in [5, 5.41) is 22.5. The van der Waals surface area contributed by atoms with Crippen LogP contribution in [0.1, 0.15) is 91.9 Å². The molecule has 0 radical (unpaired) electrons. The van der Waals surface area contributed by atoms with Crippen molar-refractivity contribution in [2.45, 2.75) is 122 Å². The van der Waals surface area contributed by atoms with Crippen molar-refractivity contribution < 1.29 is 19.7 Å². The van der Waals surface area contributed by atoms with Crippen molar-refractivity contribution in [3.63, 3.8) is 0 Å². The lowest BCUT2D eigenvalue weighted by Crippen LogP contribution is -2.71. The van der Waals surface area contributed by atoms with Gasteiger partial charge in [0, 0.05) is 10.8 Å². The van der Waals surface area contributed by atoms with Crippen LogP contribution in [0.25, 0.3) is 0 Å². The highest BCUT2D eigenvalue weighted by molar-refractivity contribution is 5.42. The van der Waals surface area contributed by atoms with E-state index in [0.717, 1.165) is 25.7 Å². The standard InChI is InChI=1S/C25H42O4/c1-5-7-9-11-13-24-19(14-17(3)20(26)21(24)27)29-22-18(12-10-8-6-2)15-23(24,4)25(22)16-28-25/h15,17,19-22,26-27H,5-14,16H2,1-4H3/t17-,19+,20+,21+,22+,23+,24+,25-/m0/s1. The maximum Gasteiger partial charge on any atom is 0.131 e. The molecule has 3 fully saturated rings. The number of unbranched alkanes of at least 4 members (excludes halogenated alkanes) is 5. The lowest BCUT2D eigenvalue weighted by molar-refractivity contribution is -0.282. The SMILES string of the molecule is CCCCCC[C@]12[C@H](O)[C@H](O)[C@@H](C)C[C@H]1O[C@@H]1C(CCCCC)=C[C@@]2(C)[C@]12CO2. The van der Waals surface area contributed by atoms with Crippen molar-refractivity contribution in [3.8, 4) is 0 Å². The summed E-state index contributed by atoms with van der Waals surface area (Å²) >= 11 is 0. The number of aliphatic hydroxyl groups is 2. The zero-order valence-electron chi connectivity index (χ0n) is 19.0. The van der Waals surface area contributed by atoms with Gasteiger partial charge >= 0.3 is 0 Å². The predicted molar refractivity (Wildman–Crippen MR) is 115 cm³/mol. The van der Waals surface area contributed by atoms with E-state index in [1.165, 1.54) is 44.1 Å². The number of rotatable bonds is 9. The fourth-order valence-electron chi connectivity index (χ4n) is 7.07. The Kier molecular flexibility index (Phi) is 5.96. The number of hydrogen-bond donors (Lipinski definition) is 2. The molecule has 2 heterocycles. The zero-order chi connectivity index (χ0) is 20.9. The molecule has 0 amide bonds. The fourth-order valence-corrected chi connectivity index (χ4v) is 7.07. The van der Waals surface area contributed by atoms with Gasteiger partial charge in [-0.25, -0.2) is 0 Å². The highest BCUT2D eigenvalue weighted by Crippen LogP contribution is 2.72. The van der Waals surface area contributed by atoms with E-state index in [9.17, 15) is 10.2 Å². The van der Waals surface area contributed by atoms with E-state index in [2.05, 4.69) is 33.8 Å². The average molecular weight is 407 g/mol. The molecule has 0 unspecified atom stereocenters. The number of fused-ring (bicyclic) bond motifs is 2. The van der Waals surface area contributed by atoms with E-state index >= 15 is 0 Å². The quantitative estimate of drug-likeness (QED) is 0.329. The first-order valence-corrected chi connectivity index (χ1v) is 12.2. The van der Waals surface area contributed by atoms with Gasteiger partial charge in [-0.3, -0.25) is 0 Å². The number of aliphatic hydroxyl groups excluding tert-OH is 2. The third-order valence-corrected chi connectivity index (χ3v) is 8.94. The van der Waals surface area contributed by atoms with Crippen LogP contribution in [0.5, 0.6) is 0 Å². The Morgan fingerprint density at radius 1 is 1.07 bits per heavy atom. The minimum absolute atomic E-state index is 0.0118. The predicted octanol–water partition coefficient (Wildman–Crippen LogP) is 4.77. The van der Waals surface area contributed by atoms with E-state index in [4.69, 9.17) is 9.47 Å². The largest absolute Gasteiger partial charge is 0.390 e. The van der Waals surface area contributed by atoms with Crippen LogP contribution < -0.4 is 0 Å². The maximum absolute atomic E-state index is 11.6. The minimum Gasteiger partial charge on any atom is -0.390 e. The summed E-state index contributed by atoms with van der Waals surface area (Å²) in [5.74, 6) is 0.0551. The molecule has 0 aromatic rings. The molecule has 2 aliphatic heterocycles. The molecule has 2 saturated heterocycles. The van der Waals surface area contributed by atoms with Crippen LogP contribution in [0.2, 0.25) is 0 Å². The first kappa shape index (κ1) is 21.8. The smallest absolute Gasteiger partial charge is 0.131 e. The van der Waals surface area contributed by atoms with Crippen LogP contribution >= 0.6 is 0 Å². The summed E-state index contributed by atoms with van der Waals surface area (Å²) in [5.41, 5.74) is 0.320. The van der Waals surface area contributed by atoms with Crippen LogP contribution in [0.3, 0.4) is 0 Å². The van der Waals surface area contributed by atoms with E-state index in [-0.39, 0.29) is 29.1 Å². The van der Waals surface area contributed by atoms with E-state index in [0.29, 0.717) is 6.61 Å². The summed E-state index contributed by atoms with van der Waals surface area (Å²) in [6.45, 7) is 9.54. The van der Waals surface area contributed by atoms with Crippen molar-refractivity contribution in [2.24, 2.45) is 16.7 Å². The topological polar surface area (TPSA) is 62.2 Å². The van der Waals surface area contributed by atoms with Gasteiger partial charge in [0.15, 0.2) is 0 Å². The second kappa shape index (κ2) is 7.93. The molecule has 4 rings (SSSR count). The lowest BCUT2D eigenvalue weighted by Gasteiger charge is -2.63. The first-order chi connectivity index (χ1) is 13.9. The minimum atomic E-state index is -0.767. The van der Waals surface area contributed by atoms with Gasteiger partial charge in [0.1, 0.15) is 11.7 Å². The molecule has 2 bridgehead atoms. The van der Waals surface area contributed by atoms with E-state index < -0.39 is 17.6 Å². The highest BCUT2D eigenvalue weighted by atomic mass is 16.6. The van der Waals surface area contributed by atoms with Crippen molar-refractivity contribution in [2.75, 3.05) is 6.61 Å². The molecule has 2 aliphatic carbocycles. The normalized spacial score (nSPS) is 47.9. The molecule has 0 aromatic heterocycles. The maximum atomic E-state index is 11.6. The van der Waals surface area contributed by atoms with Crippen LogP contribution in [-0.2, 0) is 9.47 Å². The molecular weight excluding hydrogens is 364 g/mol. The van der Waals surface area contributed by atoms with Gasteiger partial charge in [-0.1, -0.05) is 72.3 Å². The molecule has 29 heavy (non-hydrogen) atoms. The van der Waals surface area contributed by atoms with Crippen molar-refractivity contribution in [3.05, 3.63) is 11.6 Å². The third-order valence-electron chi connectivity index (χ3n) is 8.94. The Labute approximate surface area is 177 Å². The molecule has 8 atom stereocenters. The van der Waals surface area contributed by atoms with Crippen LogP contribution in [-0.4, -0.2) is 46.8 Å². The second-order valence-corrected chi connectivity index (χ2v) is 10.6. The monoisotopic (exact) mass is 406 g/mol. The molecule has 1 saturated carbocycles. The first-order valence-electron chi connectivity index (χ1n) is 12.2. The van der Waals surface area contributed by atoms with E-state index in [1.807, 2.05) is 0 Å². The molecule has 2 N–H and O–H groups in total. The summed E-state index contributed by atoms with van der Waals surface area (Å²) < 4.78 is 13.1. The lowest BCUT2D eigenvalue weighted by atomic mass is 9.47. The number of hydrogen-bond acceptors (Lipinski definition) is 4. The molecule has 166 valence electrons. The van der Waals surface area contributed by atoms with Gasteiger partial charge in [-0.05, 0) is 37.2 Å². The summed E-state index contributed by atoms with van der Waals surface area (Å²) in [6.07, 6.45) is 12.1. The molecular formula is C25H42O4. The van der Waals surface area contributed by atoms with Gasteiger partial charge in [0.25, 0.3) is 0 Å². The summed E-state index contributed by atoms with van der Waals surface area (Å²) in [7, 11) is 0. The van der Waals surface area contributed by atoms with Gasteiger partial charge in [-0.2, -0.15) is 0 Å². The highest BCUT2D eigenvalue weighted by Gasteiger charge is 2.80. The Bertz CT molecular complexity index is 626. The molecule has 4 aliphatic rings.